The van der Waals surface area contributed by atoms with E-state index in [1.54, 1.807) is 0 Å². The smallest absolute Gasteiger partial charge is 0.196 e. The van der Waals surface area contributed by atoms with Crippen molar-refractivity contribution in [3.8, 4) is 0 Å². The summed E-state index contributed by atoms with van der Waals surface area (Å²) in [5.41, 5.74) is 1.83. The molecule has 2 rings (SSSR count). The Morgan fingerprint density at radius 3 is 2.08 bits per heavy atom. The number of aromatic amines is 1. The maximum atomic E-state index is 8.51. The van der Waals surface area contributed by atoms with Crippen LogP contribution < -0.4 is 0 Å². The molecule has 0 atom stereocenters. The molecule has 62 valence electrons. The molecule has 0 aliphatic carbocycles. The lowest BCUT2D eigenvalue weighted by molar-refractivity contribution is 0.697. The number of rotatable bonds is 0. The number of nitrogens with one attached hydrogen (secondary N) is 2. The van der Waals surface area contributed by atoms with Crippen LogP contribution in [0.4, 0.5) is 0 Å². The summed E-state index contributed by atoms with van der Waals surface area (Å²) in [6.07, 6.45) is 0. The number of H-pyrrole nitrogens is 1. The summed E-state index contributed by atoms with van der Waals surface area (Å²) in [5, 5.41) is 10.3. The van der Waals surface area contributed by atoms with Gasteiger partial charge < -0.3 is 0 Å². The fraction of sp³-hybridized carbons (Fsp3) is 0. The minimum atomic E-state index is -0.250. The van der Waals surface area contributed by atoms with Gasteiger partial charge in [0.05, 0.1) is 0 Å². The maximum Gasteiger partial charge on any atom is 0.196 e. The number of fused-ring (bicyclic) bond motifs is 1. The van der Waals surface area contributed by atoms with E-state index in [4.69, 9.17) is 8.99 Å². The monoisotopic (exact) mass is 182 g/mol. The first-order chi connectivity index (χ1) is 5.88. The number of aromatic nitrogens is 3. The summed E-state index contributed by atoms with van der Waals surface area (Å²) in [5.74, 6) is 0. The summed E-state index contributed by atoms with van der Waals surface area (Å²) in [4.78, 5) is 0. The van der Waals surface area contributed by atoms with Gasteiger partial charge in [-0.05, 0) is 12.1 Å². The molecule has 5 nitrogen and oxygen atoms in total. The van der Waals surface area contributed by atoms with E-state index in [-0.39, 0.29) is 11.5 Å². The van der Waals surface area contributed by atoms with Crippen molar-refractivity contribution in [1.29, 1.82) is 4.78 Å². The molecule has 1 heterocycles. The lowest BCUT2D eigenvalue weighted by Gasteiger charge is -1.78. The number of para-hydroxylation sites is 2. The van der Waals surface area contributed by atoms with Gasteiger partial charge >= 0.3 is 0 Å². The molecular weight excluding hydrogens is 176 g/mol. The van der Waals surface area contributed by atoms with Gasteiger partial charge in [-0.25, -0.2) is 4.78 Å². The molecular formula is C6H6N4OS. The quantitative estimate of drug-likeness (QED) is 0.635. The van der Waals surface area contributed by atoms with Gasteiger partial charge in [0, 0.05) is 0 Å². The zero-order chi connectivity index (χ0) is 8.81. The van der Waals surface area contributed by atoms with Crippen LogP contribution in [0.2, 0.25) is 0 Å². The summed E-state index contributed by atoms with van der Waals surface area (Å²) in [6, 6.07) is 7.70. The van der Waals surface area contributed by atoms with Crippen molar-refractivity contribution >= 4 is 22.5 Å². The predicted molar refractivity (Wildman–Crippen MR) is 44.8 cm³/mol. The van der Waals surface area contributed by atoms with Crippen molar-refractivity contribution in [2.75, 3.05) is 0 Å². The van der Waals surface area contributed by atoms with E-state index in [0.717, 1.165) is 11.0 Å². The van der Waals surface area contributed by atoms with Gasteiger partial charge in [0.15, 0.2) is 11.5 Å². The SMILES string of the molecule is N=S=O.c1ccc2n[nH]nc2c1. The summed E-state index contributed by atoms with van der Waals surface area (Å²) in [6.45, 7) is 0. The van der Waals surface area contributed by atoms with E-state index in [0.29, 0.717) is 0 Å². The van der Waals surface area contributed by atoms with Crippen LogP contribution >= 0.6 is 0 Å². The molecule has 1 aromatic carbocycles. The maximum absolute atomic E-state index is 8.51. The van der Waals surface area contributed by atoms with Crippen LogP contribution in [-0.4, -0.2) is 19.6 Å². The lowest BCUT2D eigenvalue weighted by Crippen LogP contribution is -1.63. The van der Waals surface area contributed by atoms with Crippen molar-refractivity contribution in [3.63, 3.8) is 0 Å². The summed E-state index contributed by atoms with van der Waals surface area (Å²) < 4.78 is 14.1. The Bertz CT molecular complexity index is 363. The Balaban J connectivity index is 0.000000213. The average Bonchev–Trinajstić information content (AvgIpc) is 2.52. The van der Waals surface area contributed by atoms with E-state index in [2.05, 4.69) is 15.4 Å². The number of hydrogen-bond acceptors (Lipinski definition) is 4. The fourth-order valence-electron chi connectivity index (χ4n) is 0.786. The highest BCUT2D eigenvalue weighted by Crippen LogP contribution is 2.03. The van der Waals surface area contributed by atoms with Crippen LogP contribution in [0, 0.1) is 4.78 Å². The van der Waals surface area contributed by atoms with E-state index >= 15 is 0 Å². The molecule has 6 heteroatoms. The minimum absolute atomic E-state index is 0.250. The van der Waals surface area contributed by atoms with Crippen LogP contribution in [-0.2, 0) is 11.5 Å². The second kappa shape index (κ2) is 4.35. The van der Waals surface area contributed by atoms with Crippen molar-refractivity contribution in [2.24, 2.45) is 0 Å². The average molecular weight is 182 g/mol. The summed E-state index contributed by atoms with van der Waals surface area (Å²) >= 11 is -0.250. The highest BCUT2D eigenvalue weighted by atomic mass is 32.1. The second-order valence-electron chi connectivity index (χ2n) is 1.90. The van der Waals surface area contributed by atoms with Gasteiger partial charge in [-0.2, -0.15) is 19.6 Å². The fourth-order valence-corrected chi connectivity index (χ4v) is 0.786. The van der Waals surface area contributed by atoms with E-state index in [9.17, 15) is 0 Å². The topological polar surface area (TPSA) is 82.5 Å². The molecule has 0 aliphatic heterocycles. The summed E-state index contributed by atoms with van der Waals surface area (Å²) in [7, 11) is 0. The molecule has 0 fully saturated rings. The van der Waals surface area contributed by atoms with Crippen LogP contribution in [0.3, 0.4) is 0 Å². The standard InChI is InChI=1S/C6H5N3.HNOS/c1-2-4-6-5(3-1)7-9-8-6;1-3-2/h1-4H,(H,7,8,9);1H. The molecule has 0 spiro atoms. The normalized spacial score (nSPS) is 8.67. The Morgan fingerprint density at radius 2 is 1.67 bits per heavy atom. The van der Waals surface area contributed by atoms with Gasteiger partial charge in [-0.1, -0.05) is 12.1 Å². The molecule has 0 radical (unpaired) electrons. The van der Waals surface area contributed by atoms with E-state index < -0.39 is 0 Å². The Morgan fingerprint density at radius 1 is 1.25 bits per heavy atom. The largest absolute Gasteiger partial charge is 0.210 e. The zero-order valence-corrected chi connectivity index (χ0v) is 6.84. The van der Waals surface area contributed by atoms with Crippen LogP contribution in [0.15, 0.2) is 24.3 Å². The zero-order valence-electron chi connectivity index (χ0n) is 6.02. The predicted octanol–water partition coefficient (Wildman–Crippen LogP) is 0.920. The molecule has 12 heavy (non-hydrogen) atoms. The third-order valence-electron chi connectivity index (χ3n) is 1.22. The first-order valence-corrected chi connectivity index (χ1v) is 3.83. The van der Waals surface area contributed by atoms with E-state index in [1.807, 2.05) is 24.3 Å². The van der Waals surface area contributed by atoms with Crippen LogP contribution in [0.5, 0.6) is 0 Å². The third kappa shape index (κ3) is 1.96. The van der Waals surface area contributed by atoms with Gasteiger partial charge in [0.1, 0.15) is 11.0 Å². The Hall–Kier alpha value is -1.56. The highest BCUT2D eigenvalue weighted by Gasteiger charge is 1.90. The first-order valence-electron chi connectivity index (χ1n) is 3.09. The van der Waals surface area contributed by atoms with Gasteiger partial charge in [0.2, 0.25) is 0 Å². The van der Waals surface area contributed by atoms with Gasteiger partial charge in [-0.3, -0.25) is 0 Å². The minimum Gasteiger partial charge on any atom is -0.210 e. The van der Waals surface area contributed by atoms with Crippen LogP contribution in [0.25, 0.3) is 11.0 Å². The van der Waals surface area contributed by atoms with Gasteiger partial charge in [-0.15, -0.1) is 0 Å². The Labute approximate surface area is 71.8 Å². The molecule has 0 amide bonds. The van der Waals surface area contributed by atoms with E-state index in [1.165, 1.54) is 0 Å². The highest BCUT2D eigenvalue weighted by molar-refractivity contribution is 7.53. The molecule has 2 aromatic rings. The second-order valence-corrected chi connectivity index (χ2v) is 2.06. The molecule has 0 saturated carbocycles. The molecule has 0 bridgehead atoms. The van der Waals surface area contributed by atoms with Gasteiger partial charge in [0.25, 0.3) is 0 Å². The first kappa shape index (κ1) is 8.54. The van der Waals surface area contributed by atoms with Crippen molar-refractivity contribution in [1.82, 2.24) is 15.4 Å². The molecule has 0 aliphatic rings. The van der Waals surface area contributed by atoms with Crippen molar-refractivity contribution in [2.45, 2.75) is 0 Å². The lowest BCUT2D eigenvalue weighted by atomic mass is 10.3. The van der Waals surface area contributed by atoms with Crippen molar-refractivity contribution < 1.29 is 4.21 Å². The number of nitrogens with zero attached hydrogens (tertiary/aromatic N) is 2. The number of hydrogen-bond donors (Lipinski definition) is 2. The molecule has 2 N–H and O–H groups in total. The molecule has 0 unspecified atom stereocenters. The number of benzene rings is 1. The Kier molecular flexibility index (Phi) is 3.09. The van der Waals surface area contributed by atoms with Crippen LogP contribution in [0.1, 0.15) is 0 Å². The molecule has 1 aromatic heterocycles. The third-order valence-corrected chi connectivity index (χ3v) is 1.22. The van der Waals surface area contributed by atoms with Crippen molar-refractivity contribution in [3.05, 3.63) is 24.3 Å². The molecule has 0 saturated heterocycles.